The van der Waals surface area contributed by atoms with E-state index in [4.69, 9.17) is 4.74 Å². The summed E-state index contributed by atoms with van der Waals surface area (Å²) >= 11 is 6.83. The maximum Gasteiger partial charge on any atom is 0.311 e. The summed E-state index contributed by atoms with van der Waals surface area (Å²) in [6.07, 6.45) is 2.58. The maximum atomic E-state index is 13.9. The van der Waals surface area contributed by atoms with Gasteiger partial charge in [-0.3, -0.25) is 19.2 Å². The van der Waals surface area contributed by atoms with Crippen LogP contribution in [0.2, 0.25) is 0 Å². The molecule has 0 saturated carbocycles. The molecule has 1 aliphatic carbocycles. The first-order valence-corrected chi connectivity index (χ1v) is 11.2. The van der Waals surface area contributed by atoms with Crippen molar-refractivity contribution in [3.05, 3.63) is 74.7 Å². The molecule has 2 aliphatic rings. The molecule has 2 amide bonds. The Labute approximate surface area is 195 Å². The van der Waals surface area contributed by atoms with Crippen LogP contribution < -0.4 is 4.90 Å². The molecule has 0 fully saturated rings. The second-order valence-corrected chi connectivity index (χ2v) is 9.03. The van der Waals surface area contributed by atoms with E-state index in [1.807, 2.05) is 0 Å². The number of ketones is 1. The van der Waals surface area contributed by atoms with E-state index in [1.165, 1.54) is 12.2 Å². The number of ether oxygens (including phenoxy) is 1. The number of hydrogen-bond acceptors (Lipinski definition) is 5. The minimum Gasteiger partial charge on any atom is -0.466 e. The molecule has 0 N–H and O–H groups in total. The van der Waals surface area contributed by atoms with Crippen LogP contribution in [-0.4, -0.2) is 30.2 Å². The molecule has 0 unspecified atom stereocenters. The number of anilines is 1. The molecule has 2 aromatic rings. The van der Waals surface area contributed by atoms with E-state index in [1.54, 1.807) is 49.4 Å². The fourth-order valence-corrected chi connectivity index (χ4v) is 5.14. The molecule has 1 heterocycles. The predicted octanol–water partition coefficient (Wildman–Crippen LogP) is 4.34. The van der Waals surface area contributed by atoms with E-state index >= 15 is 0 Å². The lowest BCUT2D eigenvalue weighted by atomic mass is 9.66. The lowest BCUT2D eigenvalue weighted by Gasteiger charge is -2.34. The number of rotatable bonds is 3. The summed E-state index contributed by atoms with van der Waals surface area (Å²) in [5.41, 5.74) is -0.336. The van der Waals surface area contributed by atoms with Crippen molar-refractivity contribution in [2.45, 2.75) is 18.8 Å². The number of allylic oxidation sites excluding steroid dienone is 1. The zero-order chi connectivity index (χ0) is 22.3. The molecule has 158 valence electrons. The van der Waals surface area contributed by atoms with Crippen LogP contribution >= 0.6 is 31.9 Å². The van der Waals surface area contributed by atoms with Crippen molar-refractivity contribution in [1.82, 2.24) is 0 Å². The second-order valence-electron chi connectivity index (χ2n) is 7.26. The Morgan fingerprint density at radius 1 is 1.13 bits per heavy atom. The van der Waals surface area contributed by atoms with Gasteiger partial charge >= 0.3 is 5.97 Å². The number of nitrogens with zero attached hydrogens (tertiary/aromatic N) is 1. The van der Waals surface area contributed by atoms with Gasteiger partial charge in [-0.25, -0.2) is 4.90 Å². The van der Waals surface area contributed by atoms with Crippen LogP contribution in [0.3, 0.4) is 0 Å². The molecule has 0 bridgehead atoms. The van der Waals surface area contributed by atoms with Gasteiger partial charge in [0.15, 0.2) is 5.78 Å². The summed E-state index contributed by atoms with van der Waals surface area (Å²) in [4.78, 5) is 53.5. The molecule has 6 nitrogen and oxygen atoms in total. The number of carbonyl (C=O) groups excluding carboxylic acids is 4. The van der Waals surface area contributed by atoms with Crippen LogP contribution in [0.25, 0.3) is 0 Å². The van der Waals surface area contributed by atoms with Gasteiger partial charge in [0.1, 0.15) is 5.41 Å². The largest absolute Gasteiger partial charge is 0.466 e. The average Bonchev–Trinajstić information content (AvgIpc) is 2.99. The molecule has 1 aliphatic heterocycles. The predicted molar refractivity (Wildman–Crippen MR) is 121 cm³/mol. The summed E-state index contributed by atoms with van der Waals surface area (Å²) in [6.45, 7) is 1.77. The standard InChI is InChI=1S/C23H17Br2NO5/c1-2-31-21(29)16-12-15(27)10-11-23(16)19-17(25)4-3-5-18(19)26(22(23)30)20(28)13-6-8-14(24)9-7-13/h3-11,16H,2,12H2,1H3/t16-,23-/m0/s1. The average molecular weight is 547 g/mol. The zero-order valence-electron chi connectivity index (χ0n) is 16.4. The van der Waals surface area contributed by atoms with Gasteiger partial charge in [-0.2, -0.15) is 0 Å². The highest BCUT2D eigenvalue weighted by atomic mass is 79.9. The van der Waals surface area contributed by atoms with Crippen LogP contribution in [0, 0.1) is 5.92 Å². The number of imide groups is 1. The third kappa shape index (κ3) is 3.38. The summed E-state index contributed by atoms with van der Waals surface area (Å²) < 4.78 is 6.58. The van der Waals surface area contributed by atoms with Crippen molar-refractivity contribution >= 4 is 61.1 Å². The topological polar surface area (TPSA) is 80.8 Å². The van der Waals surface area contributed by atoms with E-state index in [2.05, 4.69) is 31.9 Å². The van der Waals surface area contributed by atoms with Crippen molar-refractivity contribution in [1.29, 1.82) is 0 Å². The van der Waals surface area contributed by atoms with Crippen LogP contribution in [0.5, 0.6) is 0 Å². The van der Waals surface area contributed by atoms with Gasteiger partial charge < -0.3 is 4.74 Å². The van der Waals surface area contributed by atoms with Crippen LogP contribution in [0.15, 0.2) is 63.6 Å². The van der Waals surface area contributed by atoms with Crippen LogP contribution in [-0.2, 0) is 24.5 Å². The number of halogens is 2. The number of esters is 1. The summed E-state index contributed by atoms with van der Waals surface area (Å²) in [5, 5.41) is 0. The normalized spacial score (nSPS) is 22.0. The molecular formula is C23H17Br2NO5. The van der Waals surface area contributed by atoms with Gasteiger partial charge in [0.05, 0.1) is 18.2 Å². The lowest BCUT2D eigenvalue weighted by Crippen LogP contribution is -2.51. The van der Waals surface area contributed by atoms with Crippen molar-refractivity contribution in [2.75, 3.05) is 11.5 Å². The zero-order valence-corrected chi connectivity index (χ0v) is 19.6. The molecule has 2 aromatic carbocycles. The third-order valence-corrected chi connectivity index (χ3v) is 6.75. The fourth-order valence-electron chi connectivity index (χ4n) is 4.19. The SMILES string of the molecule is CCOC(=O)[C@@H]1CC(=O)C=C[C@]12C(=O)N(C(=O)c1ccc(Br)cc1)c1cccc(Br)c12. The maximum absolute atomic E-state index is 13.9. The van der Waals surface area contributed by atoms with Gasteiger partial charge in [-0.15, -0.1) is 0 Å². The first kappa shape index (κ1) is 21.6. The van der Waals surface area contributed by atoms with E-state index in [0.29, 0.717) is 21.3 Å². The van der Waals surface area contributed by atoms with E-state index in [0.717, 1.165) is 9.37 Å². The van der Waals surface area contributed by atoms with Crippen molar-refractivity contribution in [3.63, 3.8) is 0 Å². The van der Waals surface area contributed by atoms with Crippen molar-refractivity contribution in [3.8, 4) is 0 Å². The Hall–Kier alpha value is -2.58. The molecule has 4 rings (SSSR count). The number of fused-ring (bicyclic) bond motifs is 2. The molecule has 8 heteroatoms. The number of benzene rings is 2. The van der Waals surface area contributed by atoms with E-state index in [-0.39, 0.29) is 18.8 Å². The first-order chi connectivity index (χ1) is 14.8. The van der Waals surface area contributed by atoms with Crippen molar-refractivity contribution < 1.29 is 23.9 Å². The monoisotopic (exact) mass is 545 g/mol. The van der Waals surface area contributed by atoms with E-state index in [9.17, 15) is 19.2 Å². The number of carbonyl (C=O) groups is 4. The first-order valence-electron chi connectivity index (χ1n) is 9.63. The molecule has 31 heavy (non-hydrogen) atoms. The van der Waals surface area contributed by atoms with Gasteiger partial charge in [0.2, 0.25) is 5.91 Å². The number of amides is 2. The molecule has 1 spiro atoms. The summed E-state index contributed by atoms with van der Waals surface area (Å²) in [7, 11) is 0. The molecule has 0 aromatic heterocycles. The van der Waals surface area contributed by atoms with Crippen LogP contribution in [0.1, 0.15) is 29.3 Å². The minimum atomic E-state index is -1.51. The Bertz CT molecular complexity index is 1140. The third-order valence-electron chi connectivity index (χ3n) is 5.56. The quantitative estimate of drug-likeness (QED) is 0.422. The summed E-state index contributed by atoms with van der Waals surface area (Å²) in [5.74, 6) is -3.08. The molecule has 0 radical (unpaired) electrons. The Kier molecular flexibility index (Phi) is 5.70. The van der Waals surface area contributed by atoms with Gasteiger partial charge in [-0.1, -0.05) is 44.0 Å². The van der Waals surface area contributed by atoms with E-state index < -0.39 is 29.1 Å². The fraction of sp³-hybridized carbons (Fsp3) is 0.217. The smallest absolute Gasteiger partial charge is 0.311 e. The van der Waals surface area contributed by atoms with Gasteiger partial charge in [0.25, 0.3) is 5.91 Å². The van der Waals surface area contributed by atoms with Gasteiger partial charge in [-0.05, 0) is 49.4 Å². The highest BCUT2D eigenvalue weighted by molar-refractivity contribution is 9.10. The van der Waals surface area contributed by atoms with Gasteiger partial charge in [0, 0.05) is 26.5 Å². The van der Waals surface area contributed by atoms with Crippen molar-refractivity contribution in [2.24, 2.45) is 5.92 Å². The summed E-state index contributed by atoms with van der Waals surface area (Å²) in [6, 6.07) is 11.8. The minimum absolute atomic E-state index is 0.113. The molecular weight excluding hydrogens is 530 g/mol. The molecule has 0 saturated heterocycles. The Morgan fingerprint density at radius 2 is 1.84 bits per heavy atom. The highest BCUT2D eigenvalue weighted by Gasteiger charge is 2.60. The number of hydrogen-bond donors (Lipinski definition) is 0. The Morgan fingerprint density at radius 3 is 2.52 bits per heavy atom. The Balaban J connectivity index is 1.93. The lowest BCUT2D eigenvalue weighted by molar-refractivity contribution is -0.153. The van der Waals surface area contributed by atoms with Crippen LogP contribution in [0.4, 0.5) is 5.69 Å². The molecule has 2 atom stereocenters. The highest BCUT2D eigenvalue weighted by Crippen LogP contribution is 2.53. The second kappa shape index (κ2) is 8.16.